The van der Waals surface area contributed by atoms with E-state index in [0.717, 1.165) is 17.7 Å². The molecule has 0 amide bonds. The highest BCUT2D eigenvalue weighted by Gasteiger charge is 2.09. The van der Waals surface area contributed by atoms with Gasteiger partial charge in [-0.1, -0.05) is 17.7 Å². The summed E-state index contributed by atoms with van der Waals surface area (Å²) in [5, 5.41) is 0. The van der Waals surface area contributed by atoms with Crippen molar-refractivity contribution in [3.63, 3.8) is 0 Å². The van der Waals surface area contributed by atoms with E-state index in [-0.39, 0.29) is 6.61 Å². The molecule has 0 unspecified atom stereocenters. The standard InChI is InChI=1S/C15H12F2N2O/c1-9-2-4-10(5-3-9)20-8-15-18-13-6-11(16)12(17)7-14(13)19-15/h2-7H,8H2,1H3,(H,18,19). The van der Waals surface area contributed by atoms with E-state index in [1.165, 1.54) is 0 Å². The molecule has 1 heterocycles. The highest BCUT2D eigenvalue weighted by Crippen LogP contribution is 2.18. The molecule has 0 aliphatic carbocycles. The number of aryl methyl sites for hydroxylation is 1. The molecule has 20 heavy (non-hydrogen) atoms. The van der Waals surface area contributed by atoms with Crippen LogP contribution >= 0.6 is 0 Å². The Balaban J connectivity index is 1.79. The maximum Gasteiger partial charge on any atom is 0.161 e. The van der Waals surface area contributed by atoms with Gasteiger partial charge in [-0.25, -0.2) is 13.8 Å². The average molecular weight is 274 g/mol. The Morgan fingerprint density at radius 1 is 1.10 bits per heavy atom. The number of fused-ring (bicyclic) bond motifs is 1. The summed E-state index contributed by atoms with van der Waals surface area (Å²) in [6.45, 7) is 2.20. The maximum absolute atomic E-state index is 13.1. The number of nitrogens with one attached hydrogen (secondary N) is 1. The van der Waals surface area contributed by atoms with Crippen LogP contribution in [0.1, 0.15) is 11.4 Å². The lowest BCUT2D eigenvalue weighted by molar-refractivity contribution is 0.297. The van der Waals surface area contributed by atoms with Crippen molar-refractivity contribution in [3.05, 3.63) is 59.4 Å². The summed E-state index contributed by atoms with van der Waals surface area (Å²) in [6.07, 6.45) is 0. The van der Waals surface area contributed by atoms with Gasteiger partial charge >= 0.3 is 0 Å². The molecule has 0 radical (unpaired) electrons. The number of halogens is 2. The fraction of sp³-hybridized carbons (Fsp3) is 0.133. The van der Waals surface area contributed by atoms with Crippen LogP contribution in [0.5, 0.6) is 5.75 Å². The third-order valence-electron chi connectivity index (χ3n) is 2.97. The summed E-state index contributed by atoms with van der Waals surface area (Å²) in [4.78, 5) is 7.06. The van der Waals surface area contributed by atoms with E-state index in [4.69, 9.17) is 4.74 Å². The number of H-pyrrole nitrogens is 1. The lowest BCUT2D eigenvalue weighted by Crippen LogP contribution is -1.97. The minimum absolute atomic E-state index is 0.209. The molecule has 3 nitrogen and oxygen atoms in total. The lowest BCUT2D eigenvalue weighted by atomic mass is 10.2. The zero-order valence-corrected chi connectivity index (χ0v) is 10.8. The molecule has 5 heteroatoms. The largest absolute Gasteiger partial charge is 0.486 e. The van der Waals surface area contributed by atoms with Crippen molar-refractivity contribution in [1.82, 2.24) is 9.97 Å². The first-order chi connectivity index (χ1) is 9.61. The molecule has 0 spiro atoms. The Hall–Kier alpha value is -2.43. The van der Waals surface area contributed by atoms with E-state index in [1.807, 2.05) is 31.2 Å². The fourth-order valence-electron chi connectivity index (χ4n) is 1.91. The Bertz CT molecular complexity index is 711. The summed E-state index contributed by atoms with van der Waals surface area (Å²) >= 11 is 0. The molecule has 0 aliphatic heterocycles. The zero-order chi connectivity index (χ0) is 14.1. The van der Waals surface area contributed by atoms with Crippen LogP contribution in [0.4, 0.5) is 8.78 Å². The molecule has 0 aliphatic rings. The van der Waals surface area contributed by atoms with E-state index in [0.29, 0.717) is 22.6 Å². The van der Waals surface area contributed by atoms with Crippen LogP contribution in [0.3, 0.4) is 0 Å². The second-order valence-corrected chi connectivity index (χ2v) is 4.57. The first kappa shape index (κ1) is 12.6. The molecule has 1 aromatic heterocycles. The van der Waals surface area contributed by atoms with Gasteiger partial charge in [-0.3, -0.25) is 0 Å². The second kappa shape index (κ2) is 4.92. The number of rotatable bonds is 3. The van der Waals surface area contributed by atoms with E-state index in [9.17, 15) is 8.78 Å². The Morgan fingerprint density at radius 3 is 2.55 bits per heavy atom. The van der Waals surface area contributed by atoms with Gasteiger partial charge in [0, 0.05) is 12.1 Å². The first-order valence-corrected chi connectivity index (χ1v) is 6.15. The van der Waals surface area contributed by atoms with E-state index in [1.54, 1.807) is 0 Å². The van der Waals surface area contributed by atoms with Crippen LogP contribution in [0.15, 0.2) is 36.4 Å². The SMILES string of the molecule is Cc1ccc(OCc2nc3cc(F)c(F)cc3[nH]2)cc1. The summed E-state index contributed by atoms with van der Waals surface area (Å²) in [5.41, 5.74) is 1.98. The van der Waals surface area contributed by atoms with Crippen LogP contribution in [0, 0.1) is 18.6 Å². The number of aromatic amines is 1. The smallest absolute Gasteiger partial charge is 0.161 e. The normalized spacial score (nSPS) is 10.9. The first-order valence-electron chi connectivity index (χ1n) is 6.15. The van der Waals surface area contributed by atoms with Gasteiger partial charge < -0.3 is 9.72 Å². The molecular weight excluding hydrogens is 262 g/mol. The molecule has 102 valence electrons. The predicted molar refractivity (Wildman–Crippen MR) is 71.5 cm³/mol. The third kappa shape index (κ3) is 2.47. The summed E-state index contributed by atoms with van der Waals surface area (Å²) < 4.78 is 31.7. The van der Waals surface area contributed by atoms with Gasteiger partial charge in [0.25, 0.3) is 0 Å². The van der Waals surface area contributed by atoms with Crippen molar-refractivity contribution in [2.75, 3.05) is 0 Å². The topological polar surface area (TPSA) is 37.9 Å². The quantitative estimate of drug-likeness (QED) is 0.790. The van der Waals surface area contributed by atoms with E-state index < -0.39 is 11.6 Å². The summed E-state index contributed by atoms with van der Waals surface area (Å²) in [7, 11) is 0. The molecule has 3 aromatic rings. The van der Waals surface area contributed by atoms with Gasteiger partial charge in [0.2, 0.25) is 0 Å². The number of aromatic nitrogens is 2. The minimum atomic E-state index is -0.907. The number of nitrogens with zero attached hydrogens (tertiary/aromatic N) is 1. The van der Waals surface area contributed by atoms with Crippen LogP contribution < -0.4 is 4.74 Å². The van der Waals surface area contributed by atoms with Gasteiger partial charge in [0.1, 0.15) is 18.2 Å². The lowest BCUT2D eigenvalue weighted by Gasteiger charge is -2.03. The highest BCUT2D eigenvalue weighted by atomic mass is 19.2. The van der Waals surface area contributed by atoms with Crippen molar-refractivity contribution in [3.8, 4) is 5.75 Å². The Kier molecular flexibility index (Phi) is 3.10. The molecule has 3 rings (SSSR count). The van der Waals surface area contributed by atoms with Gasteiger partial charge in [0.15, 0.2) is 11.6 Å². The number of hydrogen-bond acceptors (Lipinski definition) is 2. The minimum Gasteiger partial charge on any atom is -0.486 e. The Labute approximate surface area is 114 Å². The third-order valence-corrected chi connectivity index (χ3v) is 2.97. The monoisotopic (exact) mass is 274 g/mol. The summed E-state index contributed by atoms with van der Waals surface area (Å²) in [6, 6.07) is 9.76. The molecule has 0 saturated carbocycles. The van der Waals surface area contributed by atoms with Crippen LogP contribution in [-0.2, 0) is 6.61 Å². The maximum atomic E-state index is 13.1. The van der Waals surface area contributed by atoms with Crippen molar-refractivity contribution < 1.29 is 13.5 Å². The van der Waals surface area contributed by atoms with Gasteiger partial charge in [0.05, 0.1) is 11.0 Å². The van der Waals surface area contributed by atoms with Crippen molar-refractivity contribution in [2.45, 2.75) is 13.5 Å². The van der Waals surface area contributed by atoms with Gasteiger partial charge in [-0.05, 0) is 19.1 Å². The molecule has 0 saturated heterocycles. The average Bonchev–Trinajstić information content (AvgIpc) is 2.80. The van der Waals surface area contributed by atoms with Gasteiger partial charge in [-0.15, -0.1) is 0 Å². The number of ether oxygens (including phenoxy) is 1. The van der Waals surface area contributed by atoms with Gasteiger partial charge in [-0.2, -0.15) is 0 Å². The molecule has 2 aromatic carbocycles. The second-order valence-electron chi connectivity index (χ2n) is 4.57. The van der Waals surface area contributed by atoms with Crippen molar-refractivity contribution >= 4 is 11.0 Å². The zero-order valence-electron chi connectivity index (χ0n) is 10.8. The fourth-order valence-corrected chi connectivity index (χ4v) is 1.91. The molecule has 0 bridgehead atoms. The number of benzene rings is 2. The van der Waals surface area contributed by atoms with Crippen LogP contribution in [0.2, 0.25) is 0 Å². The molecule has 0 atom stereocenters. The summed E-state index contributed by atoms with van der Waals surface area (Å²) in [5.74, 6) is -0.568. The predicted octanol–water partition coefficient (Wildman–Crippen LogP) is 3.73. The number of hydrogen-bond donors (Lipinski definition) is 1. The van der Waals surface area contributed by atoms with E-state index >= 15 is 0 Å². The van der Waals surface area contributed by atoms with Crippen LogP contribution in [-0.4, -0.2) is 9.97 Å². The molecular formula is C15H12F2N2O. The van der Waals surface area contributed by atoms with Crippen LogP contribution in [0.25, 0.3) is 11.0 Å². The molecule has 0 fully saturated rings. The van der Waals surface area contributed by atoms with Crippen molar-refractivity contribution in [2.24, 2.45) is 0 Å². The number of imidazole rings is 1. The van der Waals surface area contributed by atoms with Crippen molar-refractivity contribution in [1.29, 1.82) is 0 Å². The molecule has 1 N–H and O–H groups in total. The van der Waals surface area contributed by atoms with E-state index in [2.05, 4.69) is 9.97 Å². The highest BCUT2D eigenvalue weighted by molar-refractivity contribution is 5.75. The Morgan fingerprint density at radius 2 is 1.80 bits per heavy atom.